The normalized spacial score (nSPS) is 17.6. The second-order valence-corrected chi connectivity index (χ2v) is 7.72. The van der Waals surface area contributed by atoms with Gasteiger partial charge in [0, 0.05) is 50.0 Å². The number of aryl methyl sites for hydroxylation is 1. The smallest absolute Gasteiger partial charge is 0.270 e. The summed E-state index contributed by atoms with van der Waals surface area (Å²) in [6.07, 6.45) is 1.18. The molecule has 2 heterocycles. The summed E-state index contributed by atoms with van der Waals surface area (Å²) in [6, 6.07) is 20.0. The number of fused-ring (bicyclic) bond motifs is 1. The van der Waals surface area contributed by atoms with Crippen molar-refractivity contribution in [2.75, 3.05) is 13.1 Å². The van der Waals surface area contributed by atoms with Crippen molar-refractivity contribution in [2.45, 2.75) is 32.4 Å². The van der Waals surface area contributed by atoms with Crippen LogP contribution in [0.3, 0.4) is 0 Å². The molecule has 0 aliphatic carbocycles. The lowest BCUT2D eigenvalue weighted by atomic mass is 10.1. The predicted molar refractivity (Wildman–Crippen MR) is 115 cm³/mol. The number of hydrogen-bond donors (Lipinski definition) is 0. The van der Waals surface area contributed by atoms with Crippen LogP contribution in [0.5, 0.6) is 0 Å². The van der Waals surface area contributed by atoms with Crippen LogP contribution in [0.25, 0.3) is 10.9 Å². The third-order valence-electron chi connectivity index (χ3n) is 5.91. The maximum absolute atomic E-state index is 13.4. The van der Waals surface area contributed by atoms with E-state index in [0.29, 0.717) is 31.7 Å². The predicted octanol–water partition coefficient (Wildman–Crippen LogP) is 3.83. The van der Waals surface area contributed by atoms with Crippen LogP contribution < -0.4 is 0 Å². The molecule has 0 spiro atoms. The molecule has 1 aromatic heterocycles. The second-order valence-electron chi connectivity index (χ2n) is 7.72. The second kappa shape index (κ2) is 8.11. The fourth-order valence-electron chi connectivity index (χ4n) is 4.21. The number of para-hydroxylation sites is 1. The highest BCUT2D eigenvalue weighted by Crippen LogP contribution is 2.23. The van der Waals surface area contributed by atoms with Gasteiger partial charge in [-0.1, -0.05) is 55.5 Å². The molecule has 1 fully saturated rings. The molecule has 0 saturated carbocycles. The Balaban J connectivity index is 1.58. The Hall–Kier alpha value is -3.08. The molecule has 2 aromatic carbocycles. The fourth-order valence-corrected chi connectivity index (χ4v) is 4.21. The van der Waals surface area contributed by atoms with E-state index in [1.807, 2.05) is 82.1 Å². The summed E-state index contributed by atoms with van der Waals surface area (Å²) in [4.78, 5) is 30.0. The molecule has 4 rings (SSSR count). The molecule has 0 radical (unpaired) electrons. The summed E-state index contributed by atoms with van der Waals surface area (Å²) in [7, 11) is 1.93. The molecular formula is C24H27N3O2. The van der Waals surface area contributed by atoms with Crippen LogP contribution in [-0.2, 0) is 18.4 Å². The van der Waals surface area contributed by atoms with Gasteiger partial charge < -0.3 is 14.4 Å². The van der Waals surface area contributed by atoms with Crippen molar-refractivity contribution in [3.63, 3.8) is 0 Å². The number of hydrogen-bond acceptors (Lipinski definition) is 2. The highest BCUT2D eigenvalue weighted by atomic mass is 16.2. The van der Waals surface area contributed by atoms with Gasteiger partial charge in [0.05, 0.1) is 0 Å². The molecule has 29 heavy (non-hydrogen) atoms. The molecule has 2 amide bonds. The first kappa shape index (κ1) is 19.2. The Morgan fingerprint density at radius 1 is 1.07 bits per heavy atom. The molecule has 1 aliphatic rings. The van der Waals surface area contributed by atoms with Gasteiger partial charge in [-0.25, -0.2) is 0 Å². The number of nitrogens with zero attached hydrogens (tertiary/aromatic N) is 3. The van der Waals surface area contributed by atoms with E-state index in [1.54, 1.807) is 0 Å². The lowest BCUT2D eigenvalue weighted by Gasteiger charge is -2.31. The van der Waals surface area contributed by atoms with Crippen molar-refractivity contribution in [3.05, 3.63) is 71.9 Å². The van der Waals surface area contributed by atoms with Crippen molar-refractivity contribution < 1.29 is 9.59 Å². The van der Waals surface area contributed by atoms with Crippen LogP contribution in [0.2, 0.25) is 0 Å². The van der Waals surface area contributed by atoms with E-state index in [4.69, 9.17) is 0 Å². The molecule has 1 atom stereocenters. The van der Waals surface area contributed by atoms with Gasteiger partial charge in [-0.3, -0.25) is 9.59 Å². The minimum atomic E-state index is -0.00323. The Morgan fingerprint density at radius 3 is 2.52 bits per heavy atom. The summed E-state index contributed by atoms with van der Waals surface area (Å²) in [5.74, 6) is 0.115. The third-order valence-corrected chi connectivity index (χ3v) is 5.91. The van der Waals surface area contributed by atoms with E-state index in [1.165, 1.54) is 0 Å². The Labute approximate surface area is 171 Å². The number of aromatic nitrogens is 1. The number of benzene rings is 2. The van der Waals surface area contributed by atoms with Crippen LogP contribution >= 0.6 is 0 Å². The van der Waals surface area contributed by atoms with E-state index in [0.717, 1.165) is 22.9 Å². The van der Waals surface area contributed by atoms with Gasteiger partial charge in [-0.05, 0) is 24.1 Å². The topological polar surface area (TPSA) is 45.6 Å². The first-order valence-corrected chi connectivity index (χ1v) is 10.3. The van der Waals surface area contributed by atoms with E-state index in [-0.39, 0.29) is 17.9 Å². The Bertz CT molecular complexity index is 1030. The van der Waals surface area contributed by atoms with Gasteiger partial charge in [0.15, 0.2) is 0 Å². The number of carbonyl (C=O) groups excluding carboxylic acids is 2. The number of amides is 2. The number of carbonyl (C=O) groups is 2. The van der Waals surface area contributed by atoms with Crippen LogP contribution in [0.15, 0.2) is 60.7 Å². The minimum absolute atomic E-state index is 0.00323. The standard InChI is InChI=1S/C24H27N3O2/c1-3-20-17-26(14-13-23(28)27(20)16-18-9-5-4-6-10-18)24(29)22-15-19-11-7-8-12-21(19)25(22)2/h4-12,15,20H,3,13-14,16-17H2,1-2H3/t20-/m1/s1. The third kappa shape index (κ3) is 3.77. The average molecular weight is 389 g/mol. The van der Waals surface area contributed by atoms with E-state index in [2.05, 4.69) is 6.92 Å². The quantitative estimate of drug-likeness (QED) is 0.681. The molecule has 5 nitrogen and oxygen atoms in total. The van der Waals surface area contributed by atoms with E-state index < -0.39 is 0 Å². The van der Waals surface area contributed by atoms with Crippen LogP contribution in [0.4, 0.5) is 0 Å². The van der Waals surface area contributed by atoms with Crippen LogP contribution in [-0.4, -0.2) is 45.3 Å². The lowest BCUT2D eigenvalue weighted by molar-refractivity contribution is -0.133. The molecule has 5 heteroatoms. The lowest BCUT2D eigenvalue weighted by Crippen LogP contribution is -2.44. The van der Waals surface area contributed by atoms with E-state index >= 15 is 0 Å². The van der Waals surface area contributed by atoms with Crippen LogP contribution in [0, 0.1) is 0 Å². The van der Waals surface area contributed by atoms with Gasteiger partial charge in [0.2, 0.25) is 5.91 Å². The average Bonchev–Trinajstić information content (AvgIpc) is 3.00. The molecule has 0 unspecified atom stereocenters. The van der Waals surface area contributed by atoms with Crippen LogP contribution in [0.1, 0.15) is 35.8 Å². The zero-order valence-electron chi connectivity index (χ0n) is 17.0. The summed E-state index contributed by atoms with van der Waals surface area (Å²) >= 11 is 0. The highest BCUT2D eigenvalue weighted by Gasteiger charge is 2.32. The van der Waals surface area contributed by atoms with Gasteiger partial charge in [0.1, 0.15) is 5.69 Å². The van der Waals surface area contributed by atoms with Gasteiger partial charge in [0.25, 0.3) is 5.91 Å². The van der Waals surface area contributed by atoms with Crippen molar-refractivity contribution in [1.82, 2.24) is 14.4 Å². The summed E-state index contributed by atoms with van der Waals surface area (Å²) in [6.45, 7) is 3.70. The largest absolute Gasteiger partial charge is 0.340 e. The monoisotopic (exact) mass is 389 g/mol. The summed E-state index contributed by atoms with van der Waals surface area (Å²) in [5.41, 5.74) is 2.83. The van der Waals surface area contributed by atoms with Gasteiger partial charge in [-0.2, -0.15) is 0 Å². The Kier molecular flexibility index (Phi) is 5.38. The zero-order chi connectivity index (χ0) is 20.4. The first-order chi connectivity index (χ1) is 14.1. The first-order valence-electron chi connectivity index (χ1n) is 10.3. The molecule has 0 N–H and O–H groups in total. The maximum Gasteiger partial charge on any atom is 0.270 e. The molecule has 3 aromatic rings. The number of rotatable bonds is 4. The van der Waals surface area contributed by atoms with Crippen molar-refractivity contribution in [1.29, 1.82) is 0 Å². The summed E-state index contributed by atoms with van der Waals surface area (Å²) < 4.78 is 1.95. The molecular weight excluding hydrogens is 362 g/mol. The van der Waals surface area contributed by atoms with Crippen molar-refractivity contribution in [2.24, 2.45) is 7.05 Å². The SMILES string of the molecule is CC[C@@H]1CN(C(=O)c2cc3ccccc3n2C)CCC(=O)N1Cc1ccccc1. The summed E-state index contributed by atoms with van der Waals surface area (Å²) in [5, 5.41) is 1.06. The molecule has 1 aliphatic heterocycles. The maximum atomic E-state index is 13.4. The van der Waals surface area contributed by atoms with E-state index in [9.17, 15) is 9.59 Å². The van der Waals surface area contributed by atoms with Gasteiger partial charge >= 0.3 is 0 Å². The van der Waals surface area contributed by atoms with Gasteiger partial charge in [-0.15, -0.1) is 0 Å². The van der Waals surface area contributed by atoms with Crippen molar-refractivity contribution >= 4 is 22.7 Å². The fraction of sp³-hybridized carbons (Fsp3) is 0.333. The highest BCUT2D eigenvalue weighted by molar-refractivity contribution is 5.99. The minimum Gasteiger partial charge on any atom is -0.340 e. The Morgan fingerprint density at radius 2 is 1.79 bits per heavy atom. The zero-order valence-corrected chi connectivity index (χ0v) is 17.0. The van der Waals surface area contributed by atoms with Crippen molar-refractivity contribution in [3.8, 4) is 0 Å². The molecule has 1 saturated heterocycles. The molecule has 0 bridgehead atoms. The molecule has 150 valence electrons.